The second-order valence-corrected chi connectivity index (χ2v) is 48.5. The molecule has 0 amide bonds. The lowest BCUT2D eigenvalue weighted by molar-refractivity contribution is 0.397. The van der Waals surface area contributed by atoms with Gasteiger partial charge in [-0.1, -0.05) is 613 Å². The van der Waals surface area contributed by atoms with Gasteiger partial charge in [-0.3, -0.25) is 4.39 Å². The Bertz CT molecular complexity index is 5160. The maximum Gasteiger partial charge on any atom is 0.129 e. The van der Waals surface area contributed by atoms with Gasteiger partial charge in [0.1, 0.15) is 17.4 Å². The maximum absolute atomic E-state index is 13.1. The SMILES string of the molecule is CBr.CC.CC.CC(C)(C)c1ccc(Cl)cc1Cl.CC(C)(C)c1ccc(F)cc1F.CC(C)(C)c1ccc2ccccc2c1.CC(C)(C)c1cccc2ccccc12.CC(C)(C)c1ccccc1.CC(C)(C)c1ccccc1.CC(C)(C)c1ccccc1.CC(C)(C)c1ccccc1.CC(C)(C)c1ccccc1.CC(C)(C)c1ccccc1.CC(C)(C)c1cccs1.CCl.CF.COc1cc(C)ccc1C(C)(C)C. The summed E-state index contributed by atoms with van der Waals surface area (Å²) in [6, 6.07) is 114. The summed E-state index contributed by atoms with van der Waals surface area (Å²) >= 11 is 21.2. The molecule has 0 fully saturated rings. The van der Waals surface area contributed by atoms with Gasteiger partial charge >= 0.3 is 0 Å². The zero-order valence-corrected chi connectivity index (χ0v) is 102. The molecule has 0 N–H and O–H groups in total. The first-order valence-electron chi connectivity index (χ1n) is 50.7. The molecule has 0 saturated carbocycles. The topological polar surface area (TPSA) is 9.23 Å². The molecule has 0 bridgehead atoms. The van der Waals surface area contributed by atoms with Gasteiger partial charge < -0.3 is 4.74 Å². The molecule has 1 heterocycles. The molecule has 0 atom stereocenters. The minimum atomic E-state index is -0.527. The number of aryl methyl sites for hydroxylation is 1. The molecule has 9 heteroatoms. The third-order valence-corrected chi connectivity index (χ3v) is 23.8. The molecule has 144 heavy (non-hydrogen) atoms. The smallest absolute Gasteiger partial charge is 0.129 e. The van der Waals surface area contributed by atoms with Crippen LogP contribution in [0, 0.1) is 18.6 Å². The van der Waals surface area contributed by atoms with Crippen LogP contribution in [-0.4, -0.2) is 26.5 Å². The van der Waals surface area contributed by atoms with Crippen LogP contribution < -0.4 is 4.74 Å². The first-order chi connectivity index (χ1) is 66.7. The monoisotopic (exact) mass is 2100 g/mol. The quantitative estimate of drug-likeness (QED) is 0.149. The van der Waals surface area contributed by atoms with Crippen LogP contribution in [0.4, 0.5) is 13.2 Å². The summed E-state index contributed by atoms with van der Waals surface area (Å²) in [6.45, 7) is 89.0. The highest BCUT2D eigenvalue weighted by Gasteiger charge is 2.24. The molecule has 0 unspecified atom stereocenters. The van der Waals surface area contributed by atoms with E-state index in [9.17, 15) is 13.2 Å². The molecular weight excluding hydrogens is 1910 g/mol. The van der Waals surface area contributed by atoms with Crippen LogP contribution in [0.25, 0.3) is 21.5 Å². The number of hydrogen-bond acceptors (Lipinski definition) is 2. The third-order valence-electron chi connectivity index (χ3n) is 22.0. The average molecular weight is 2110 g/mol. The number of ether oxygens (including phenoxy) is 1. The van der Waals surface area contributed by atoms with Crippen LogP contribution in [0.5, 0.6) is 5.75 Å². The number of benzene rings is 13. The highest BCUT2D eigenvalue weighted by molar-refractivity contribution is 9.08. The number of alkyl halides is 3. The van der Waals surface area contributed by atoms with Crippen molar-refractivity contribution in [1.29, 1.82) is 0 Å². The number of hydrogen-bond donors (Lipinski definition) is 0. The molecular formula is C135H191BrCl3F3OS. The summed E-state index contributed by atoms with van der Waals surface area (Å²) in [7, 11) is 2.23. The summed E-state index contributed by atoms with van der Waals surface area (Å²) in [4.78, 5) is 1.46. The van der Waals surface area contributed by atoms with Gasteiger partial charge in [0.25, 0.3) is 0 Å². The second kappa shape index (κ2) is 67.8. The zero-order valence-electron chi connectivity index (χ0n) is 97.8. The van der Waals surface area contributed by atoms with Crippen molar-refractivity contribution in [2.45, 2.75) is 349 Å². The Kier molecular flexibility index (Phi) is 65.5. The van der Waals surface area contributed by atoms with Crippen LogP contribution in [0.1, 0.15) is 349 Å². The minimum absolute atomic E-state index is 0.0850. The summed E-state index contributed by atoms with van der Waals surface area (Å²) in [5, 5.41) is 8.92. The van der Waals surface area contributed by atoms with Crippen molar-refractivity contribution in [2.24, 2.45) is 0 Å². The maximum atomic E-state index is 13.1. The van der Waals surface area contributed by atoms with Crippen molar-refractivity contribution < 1.29 is 17.9 Å². The molecule has 792 valence electrons. The molecule has 0 spiro atoms. The Morgan fingerprint density at radius 1 is 0.250 bits per heavy atom. The van der Waals surface area contributed by atoms with E-state index in [0.29, 0.717) is 55.7 Å². The number of halogens is 7. The molecule has 1 nitrogen and oxygen atoms in total. The van der Waals surface area contributed by atoms with E-state index in [1.165, 1.54) is 101 Å². The van der Waals surface area contributed by atoms with E-state index in [-0.39, 0.29) is 27.1 Å². The Morgan fingerprint density at radius 2 is 0.542 bits per heavy atom. The highest BCUT2D eigenvalue weighted by Crippen LogP contribution is 2.36. The molecule has 14 aromatic rings. The Hall–Kier alpha value is -8.98. The molecule has 0 aliphatic heterocycles. The van der Waals surface area contributed by atoms with Crippen molar-refractivity contribution >= 4 is 83.6 Å². The fourth-order valence-electron chi connectivity index (χ4n) is 13.5. The van der Waals surface area contributed by atoms with Gasteiger partial charge in [-0.2, -0.15) is 0 Å². The standard InChI is InChI=1S/2C14H16.C12H18O.C10H12Cl2.C10H12F2.6C10H14.C8H12S.2C2H6.CH3Br.CH3Cl.CH3F/c1-14(2,3)13-10-6-8-11-7-4-5-9-12(11)13;1-14(2,3)13-9-8-11-6-4-5-7-12(11)10-13;1-9-6-7-10(12(2,3)4)11(8-9)13-5;2*1-10(2,3)8-5-4-7(11)6-9(8)12;6*1-10(2,3)9-7-5-4-6-8-9;1-8(2,3)7-5-4-6-9-7;5*1-2/h2*4-10H,1-3H3;6-8H,1-5H3;2*4-6H,1-3H3;6*4-8H,1-3H3;4-6H,1-3H3;2*1-2H3;3*1H3. The van der Waals surface area contributed by atoms with Gasteiger partial charge in [0.2, 0.25) is 0 Å². The lowest BCUT2D eigenvalue weighted by atomic mass is 9.84. The normalized spacial score (nSPS) is 11.1. The molecule has 0 aliphatic rings. The van der Waals surface area contributed by atoms with Crippen molar-refractivity contribution in [3.63, 3.8) is 0 Å². The van der Waals surface area contributed by atoms with Crippen molar-refractivity contribution in [1.82, 2.24) is 0 Å². The molecule has 13 aromatic carbocycles. The van der Waals surface area contributed by atoms with Crippen LogP contribution in [0.3, 0.4) is 0 Å². The molecule has 0 radical (unpaired) electrons. The number of fused-ring (bicyclic) bond motifs is 2. The first-order valence-corrected chi connectivity index (χ1v) is 54.7. The van der Waals surface area contributed by atoms with Gasteiger partial charge in [-0.05, 0) is 202 Å². The third kappa shape index (κ3) is 57.9. The molecule has 14 rings (SSSR count). The lowest BCUT2D eigenvalue weighted by Crippen LogP contribution is -2.13. The van der Waals surface area contributed by atoms with Gasteiger partial charge in [-0.15, -0.1) is 22.9 Å². The number of methoxy groups -OCH3 is 1. The average Bonchev–Trinajstić information content (AvgIpc) is 0.863. The molecule has 1 aromatic heterocycles. The van der Waals surface area contributed by atoms with E-state index in [1.807, 2.05) is 77.8 Å². The Labute approximate surface area is 907 Å². The van der Waals surface area contributed by atoms with Gasteiger partial charge in [0.05, 0.1) is 14.3 Å². The van der Waals surface area contributed by atoms with Gasteiger partial charge in [0, 0.05) is 27.4 Å². The van der Waals surface area contributed by atoms with Crippen molar-refractivity contribution in [3.05, 3.63) is 432 Å². The highest BCUT2D eigenvalue weighted by atomic mass is 79.9. The van der Waals surface area contributed by atoms with E-state index < -0.39 is 11.6 Å². The van der Waals surface area contributed by atoms with Gasteiger partial charge in [0.15, 0.2) is 0 Å². The van der Waals surface area contributed by atoms with Gasteiger partial charge in [-0.25, -0.2) is 8.78 Å². The summed E-state index contributed by atoms with van der Waals surface area (Å²) in [6.07, 6.45) is 1.47. The van der Waals surface area contributed by atoms with Crippen LogP contribution >= 0.6 is 62.1 Å². The predicted octanol–water partition coefficient (Wildman–Crippen LogP) is 44.6. The van der Waals surface area contributed by atoms with E-state index in [4.69, 9.17) is 27.9 Å². The summed E-state index contributed by atoms with van der Waals surface area (Å²) in [5.74, 6) is 1.81. The molecule has 0 saturated heterocycles. The van der Waals surface area contributed by atoms with Crippen LogP contribution in [0.15, 0.2) is 339 Å². The summed E-state index contributed by atoms with van der Waals surface area (Å²) in [5.41, 5.74) is 17.9. The Balaban J connectivity index is -0.00000150. The minimum Gasteiger partial charge on any atom is -0.496 e. The fourth-order valence-corrected chi connectivity index (χ4v) is 15.0. The number of thiophene rings is 1. The summed E-state index contributed by atoms with van der Waals surface area (Å²) < 4.78 is 40.5. The predicted molar refractivity (Wildman–Crippen MR) is 652 cm³/mol. The van der Waals surface area contributed by atoms with E-state index in [2.05, 4.69) is 566 Å². The van der Waals surface area contributed by atoms with Crippen LogP contribution in [0.2, 0.25) is 10.0 Å². The Morgan fingerprint density at radius 3 is 0.812 bits per heavy atom. The lowest BCUT2D eigenvalue weighted by Gasteiger charge is -2.22. The zero-order chi connectivity index (χ0) is 112. The van der Waals surface area contributed by atoms with Crippen LogP contribution in [-0.2, 0) is 65.0 Å². The van der Waals surface area contributed by atoms with Crippen molar-refractivity contribution in [3.8, 4) is 5.75 Å². The first kappa shape index (κ1) is 139. The largest absolute Gasteiger partial charge is 0.496 e. The second-order valence-electron chi connectivity index (χ2n) is 46.7. The van der Waals surface area contributed by atoms with E-state index >= 15 is 0 Å². The fraction of sp³-hybridized carbons (Fsp3) is 0.422. The van der Waals surface area contributed by atoms with E-state index in [1.54, 1.807) is 13.2 Å². The van der Waals surface area contributed by atoms with Crippen molar-refractivity contribution in [2.75, 3.05) is 26.5 Å². The van der Waals surface area contributed by atoms with E-state index in [0.717, 1.165) is 22.4 Å². The molecule has 0 aliphatic carbocycles. The number of rotatable bonds is 1.